The van der Waals surface area contributed by atoms with Gasteiger partial charge < -0.3 is 16.2 Å². The maximum absolute atomic E-state index is 11.8. The summed E-state index contributed by atoms with van der Waals surface area (Å²) in [5.74, 6) is -0.700. The minimum absolute atomic E-state index is 0.159. The van der Waals surface area contributed by atoms with Crippen LogP contribution < -0.4 is 11.1 Å². The molecule has 0 radical (unpaired) electrons. The molecule has 1 aromatic carbocycles. The molecule has 1 saturated carbocycles. The Morgan fingerprint density at radius 2 is 1.86 bits per heavy atom. The highest BCUT2D eigenvalue weighted by atomic mass is 16.3. The normalized spacial score (nSPS) is 22.1. The zero-order valence-corrected chi connectivity index (χ0v) is 11.8. The van der Waals surface area contributed by atoms with Gasteiger partial charge in [-0.15, -0.1) is 0 Å². The molecule has 1 fully saturated rings. The Hall–Kier alpha value is -2.14. The first kappa shape index (κ1) is 15.3. The average molecular weight is 288 g/mol. The highest BCUT2D eigenvalue weighted by Gasteiger charge is 2.23. The van der Waals surface area contributed by atoms with Gasteiger partial charge >= 0.3 is 0 Å². The second-order valence-corrected chi connectivity index (χ2v) is 5.29. The van der Waals surface area contributed by atoms with Crippen molar-refractivity contribution in [3.63, 3.8) is 0 Å². The summed E-state index contributed by atoms with van der Waals surface area (Å²) in [5.41, 5.74) is 6.40. The van der Waals surface area contributed by atoms with Crippen LogP contribution in [0.2, 0.25) is 0 Å². The highest BCUT2D eigenvalue weighted by molar-refractivity contribution is 5.94. The summed E-state index contributed by atoms with van der Waals surface area (Å²) in [5, 5.41) is 12.6. The number of hydrogen-bond donors (Lipinski definition) is 3. The molecule has 2 amide bonds. The number of aliphatic hydroxyl groups excluding tert-OH is 1. The molecule has 0 aromatic heterocycles. The van der Waals surface area contributed by atoms with Crippen LogP contribution in [-0.2, 0) is 4.79 Å². The highest BCUT2D eigenvalue weighted by Crippen LogP contribution is 2.18. The van der Waals surface area contributed by atoms with Crippen LogP contribution in [0.25, 0.3) is 6.08 Å². The van der Waals surface area contributed by atoms with Crippen molar-refractivity contribution < 1.29 is 14.7 Å². The van der Waals surface area contributed by atoms with E-state index < -0.39 is 12.0 Å². The summed E-state index contributed by atoms with van der Waals surface area (Å²) in [7, 11) is 0. The number of nitrogens with two attached hydrogens (primary N) is 1. The van der Waals surface area contributed by atoms with E-state index in [4.69, 9.17) is 5.73 Å². The Balaban J connectivity index is 1.90. The number of benzene rings is 1. The van der Waals surface area contributed by atoms with Crippen molar-refractivity contribution in [2.45, 2.75) is 37.8 Å². The maximum atomic E-state index is 11.8. The second kappa shape index (κ2) is 7.04. The maximum Gasteiger partial charge on any atom is 0.248 e. The third-order valence-corrected chi connectivity index (χ3v) is 3.68. The van der Waals surface area contributed by atoms with E-state index in [-0.39, 0.29) is 11.9 Å². The van der Waals surface area contributed by atoms with Crippen molar-refractivity contribution in [1.29, 1.82) is 0 Å². The van der Waals surface area contributed by atoms with E-state index in [1.807, 2.05) is 0 Å². The van der Waals surface area contributed by atoms with E-state index in [1.165, 1.54) is 6.08 Å². The van der Waals surface area contributed by atoms with Crippen LogP contribution in [0.5, 0.6) is 0 Å². The molecule has 0 saturated heterocycles. The number of primary amides is 1. The van der Waals surface area contributed by atoms with Crippen molar-refractivity contribution in [1.82, 2.24) is 5.32 Å². The molecule has 2 rings (SSSR count). The molecule has 0 aliphatic heterocycles. The number of amides is 2. The average Bonchev–Trinajstić information content (AvgIpc) is 2.48. The molecule has 1 aliphatic rings. The lowest BCUT2D eigenvalue weighted by molar-refractivity contribution is -0.118. The van der Waals surface area contributed by atoms with Crippen molar-refractivity contribution in [2.75, 3.05) is 0 Å². The van der Waals surface area contributed by atoms with Gasteiger partial charge in [0.2, 0.25) is 11.8 Å². The number of aliphatic hydroxyl groups is 1. The fourth-order valence-electron chi connectivity index (χ4n) is 2.44. The summed E-state index contributed by atoms with van der Waals surface area (Å²) in [4.78, 5) is 22.8. The number of rotatable bonds is 4. The Kier molecular flexibility index (Phi) is 5.11. The smallest absolute Gasteiger partial charge is 0.248 e. The molecule has 112 valence electrons. The van der Waals surface area contributed by atoms with Gasteiger partial charge in [0.05, 0.1) is 12.1 Å². The fourth-order valence-corrected chi connectivity index (χ4v) is 2.44. The van der Waals surface area contributed by atoms with Gasteiger partial charge in [-0.3, -0.25) is 9.59 Å². The predicted molar refractivity (Wildman–Crippen MR) is 80.4 cm³/mol. The van der Waals surface area contributed by atoms with E-state index in [2.05, 4.69) is 5.32 Å². The van der Waals surface area contributed by atoms with Crippen LogP contribution in [0.3, 0.4) is 0 Å². The molecular formula is C16H20N2O3. The molecule has 21 heavy (non-hydrogen) atoms. The third-order valence-electron chi connectivity index (χ3n) is 3.68. The lowest BCUT2D eigenvalue weighted by Gasteiger charge is -2.27. The van der Waals surface area contributed by atoms with Crippen molar-refractivity contribution in [3.05, 3.63) is 41.5 Å². The molecule has 0 heterocycles. The van der Waals surface area contributed by atoms with E-state index >= 15 is 0 Å². The fraction of sp³-hybridized carbons (Fsp3) is 0.375. The second-order valence-electron chi connectivity index (χ2n) is 5.29. The van der Waals surface area contributed by atoms with Crippen LogP contribution in [0.1, 0.15) is 41.6 Å². The van der Waals surface area contributed by atoms with Gasteiger partial charge in [0.25, 0.3) is 0 Å². The molecule has 2 atom stereocenters. The number of hydrogen-bond acceptors (Lipinski definition) is 3. The van der Waals surface area contributed by atoms with Crippen molar-refractivity contribution in [2.24, 2.45) is 5.73 Å². The van der Waals surface area contributed by atoms with Crippen LogP contribution in [0.15, 0.2) is 30.3 Å². The number of carbonyl (C=O) groups excluding carboxylic acids is 2. The summed E-state index contributed by atoms with van der Waals surface area (Å²) in [6.07, 6.45) is 6.23. The monoisotopic (exact) mass is 288 g/mol. The van der Waals surface area contributed by atoms with Gasteiger partial charge in [-0.2, -0.15) is 0 Å². The lowest BCUT2D eigenvalue weighted by atomic mass is 9.92. The minimum Gasteiger partial charge on any atom is -0.391 e. The van der Waals surface area contributed by atoms with Crippen LogP contribution >= 0.6 is 0 Å². The molecule has 5 heteroatoms. The first-order valence-electron chi connectivity index (χ1n) is 7.13. The van der Waals surface area contributed by atoms with Gasteiger partial charge in [0.15, 0.2) is 0 Å². The van der Waals surface area contributed by atoms with Gasteiger partial charge in [-0.25, -0.2) is 0 Å². The van der Waals surface area contributed by atoms with E-state index in [9.17, 15) is 14.7 Å². The minimum atomic E-state index is -0.477. The predicted octanol–water partition coefficient (Wildman–Crippen LogP) is 1.22. The molecule has 0 bridgehead atoms. The molecule has 0 spiro atoms. The molecule has 1 aliphatic carbocycles. The van der Waals surface area contributed by atoms with Gasteiger partial charge in [-0.05, 0) is 36.6 Å². The summed E-state index contributed by atoms with van der Waals surface area (Å²) in [6, 6.07) is 6.52. The lowest BCUT2D eigenvalue weighted by Crippen LogP contribution is -2.44. The van der Waals surface area contributed by atoms with Crippen LogP contribution in [0, 0.1) is 0 Å². The Morgan fingerprint density at radius 3 is 2.48 bits per heavy atom. The van der Waals surface area contributed by atoms with E-state index in [1.54, 1.807) is 30.3 Å². The summed E-state index contributed by atoms with van der Waals surface area (Å²) in [6.45, 7) is 0. The SMILES string of the molecule is NC(=O)c1ccc(C=CC(=O)NC2CCCCC2O)cc1. The summed E-state index contributed by atoms with van der Waals surface area (Å²) < 4.78 is 0. The molecule has 5 nitrogen and oxygen atoms in total. The van der Waals surface area contributed by atoms with E-state index in [0.717, 1.165) is 31.2 Å². The third kappa shape index (κ3) is 4.43. The van der Waals surface area contributed by atoms with Crippen LogP contribution in [-0.4, -0.2) is 29.1 Å². The van der Waals surface area contributed by atoms with Gasteiger partial charge in [0, 0.05) is 11.6 Å². The van der Waals surface area contributed by atoms with Crippen molar-refractivity contribution >= 4 is 17.9 Å². The van der Waals surface area contributed by atoms with Gasteiger partial charge in [0.1, 0.15) is 0 Å². The molecular weight excluding hydrogens is 268 g/mol. The van der Waals surface area contributed by atoms with Gasteiger partial charge in [-0.1, -0.05) is 25.0 Å². The van der Waals surface area contributed by atoms with E-state index in [0.29, 0.717) is 5.56 Å². The standard InChI is InChI=1S/C16H20N2O3/c17-16(21)12-8-5-11(6-9-12)7-10-15(20)18-13-3-1-2-4-14(13)19/h5-10,13-14,19H,1-4H2,(H2,17,21)(H,18,20). The first-order valence-corrected chi connectivity index (χ1v) is 7.13. The topological polar surface area (TPSA) is 92.4 Å². The zero-order chi connectivity index (χ0) is 15.2. The van der Waals surface area contributed by atoms with Crippen molar-refractivity contribution in [3.8, 4) is 0 Å². The number of carbonyl (C=O) groups is 2. The Labute approximate surface area is 123 Å². The first-order chi connectivity index (χ1) is 10.1. The number of nitrogens with one attached hydrogen (secondary N) is 1. The quantitative estimate of drug-likeness (QED) is 0.727. The molecule has 1 aromatic rings. The summed E-state index contributed by atoms with van der Waals surface area (Å²) >= 11 is 0. The Morgan fingerprint density at radius 1 is 1.19 bits per heavy atom. The largest absolute Gasteiger partial charge is 0.391 e. The Bertz CT molecular complexity index is 537. The molecule has 2 unspecified atom stereocenters. The van der Waals surface area contributed by atoms with Crippen LogP contribution in [0.4, 0.5) is 0 Å². The molecule has 4 N–H and O–H groups in total. The zero-order valence-electron chi connectivity index (χ0n) is 11.8.